The van der Waals surface area contributed by atoms with Crippen LogP contribution in [0.5, 0.6) is 0 Å². The lowest BCUT2D eigenvalue weighted by atomic mass is 9.85. The topological polar surface area (TPSA) is 151 Å². The highest BCUT2D eigenvalue weighted by atomic mass is 16.3. The molecule has 1 aliphatic carbocycles. The molecule has 0 aromatic carbocycles. The first-order valence-corrected chi connectivity index (χ1v) is 13.3. The number of nitrogens with two attached hydrogens (primary N) is 1. The van der Waals surface area contributed by atoms with Crippen molar-refractivity contribution in [1.82, 2.24) is 39.7 Å². The van der Waals surface area contributed by atoms with E-state index in [1.807, 2.05) is 17.0 Å². The number of hydrogen-bond acceptors (Lipinski definition) is 8. The van der Waals surface area contributed by atoms with Gasteiger partial charge >= 0.3 is 0 Å². The van der Waals surface area contributed by atoms with Crippen molar-refractivity contribution in [3.05, 3.63) is 53.6 Å². The van der Waals surface area contributed by atoms with Gasteiger partial charge in [0.1, 0.15) is 17.7 Å². The average Bonchev–Trinajstić information content (AvgIpc) is 3.29. The summed E-state index contributed by atoms with van der Waals surface area (Å²) in [5.41, 5.74) is 11.0. The van der Waals surface area contributed by atoms with E-state index in [0.29, 0.717) is 28.9 Å². The molecule has 3 aliphatic rings. The monoisotopic (exact) mass is 513 g/mol. The Balaban J connectivity index is 1.27. The van der Waals surface area contributed by atoms with Crippen molar-refractivity contribution in [3.63, 3.8) is 0 Å². The molecule has 7 rings (SSSR count). The smallest absolute Gasteiger partial charge is 0.291 e. The molecule has 2 unspecified atom stereocenters. The van der Waals surface area contributed by atoms with Crippen LogP contribution in [0.1, 0.15) is 91.8 Å². The number of nitrogens with zero attached hydrogens (tertiary/aromatic N) is 7. The molecule has 2 atom stereocenters. The minimum Gasteiger partial charge on any atom is -0.384 e. The quantitative estimate of drug-likeness (QED) is 0.368. The van der Waals surface area contributed by atoms with Gasteiger partial charge in [-0.2, -0.15) is 14.7 Å². The number of carbonyl (C=O) groups excluding carboxylic acids is 1. The molecule has 4 aromatic heterocycles. The van der Waals surface area contributed by atoms with Gasteiger partial charge in [-0.25, -0.2) is 9.97 Å². The van der Waals surface area contributed by atoms with Gasteiger partial charge in [0.15, 0.2) is 5.65 Å². The summed E-state index contributed by atoms with van der Waals surface area (Å²) in [5.74, 6) is 1.52. The van der Waals surface area contributed by atoms with Gasteiger partial charge in [-0.3, -0.25) is 14.9 Å². The van der Waals surface area contributed by atoms with Crippen LogP contribution in [0.4, 0.5) is 5.82 Å². The molecule has 1 saturated carbocycles. The van der Waals surface area contributed by atoms with Gasteiger partial charge in [-0.05, 0) is 64.4 Å². The molecule has 4 N–H and O–H groups in total. The van der Waals surface area contributed by atoms with Crippen LogP contribution in [0.3, 0.4) is 0 Å². The number of carbonyl (C=O) groups is 1. The normalized spacial score (nSPS) is 23.3. The van der Waals surface area contributed by atoms with Crippen molar-refractivity contribution in [2.45, 2.75) is 81.9 Å². The number of amides is 1. The molecule has 1 amide bonds. The molecule has 6 heterocycles. The zero-order chi connectivity index (χ0) is 26.2. The minimum atomic E-state index is -1.02. The Kier molecular flexibility index (Phi) is 5.10. The summed E-state index contributed by atoms with van der Waals surface area (Å²) in [5, 5.41) is 21.5. The van der Waals surface area contributed by atoms with Crippen LogP contribution in [-0.2, 0) is 5.60 Å². The number of nitrogen functional groups attached to an aromatic ring is 1. The average molecular weight is 514 g/mol. The molecule has 11 nitrogen and oxygen atoms in total. The van der Waals surface area contributed by atoms with Crippen LogP contribution in [0.2, 0.25) is 0 Å². The van der Waals surface area contributed by atoms with Crippen LogP contribution in [0, 0.1) is 0 Å². The Hall–Kier alpha value is -3.86. The molecule has 2 aliphatic heterocycles. The van der Waals surface area contributed by atoms with E-state index < -0.39 is 5.60 Å². The van der Waals surface area contributed by atoms with Gasteiger partial charge < -0.3 is 15.7 Å². The fraction of sp³-hybridized carbons (Fsp3) is 0.481. The molecule has 3 fully saturated rings. The summed E-state index contributed by atoms with van der Waals surface area (Å²) in [6.45, 7) is 3.44. The number of anilines is 1. The second-order valence-electron chi connectivity index (χ2n) is 11.5. The first-order valence-electron chi connectivity index (χ1n) is 13.3. The highest BCUT2D eigenvalue weighted by Gasteiger charge is 2.46. The number of pyridine rings is 1. The van der Waals surface area contributed by atoms with Crippen LogP contribution >= 0.6 is 0 Å². The third kappa shape index (κ3) is 3.67. The Bertz CT molecular complexity index is 1500. The summed E-state index contributed by atoms with van der Waals surface area (Å²) in [6.07, 6.45) is 10.8. The van der Waals surface area contributed by atoms with Crippen LogP contribution in [0.15, 0.2) is 30.9 Å². The van der Waals surface area contributed by atoms with E-state index in [0.717, 1.165) is 60.9 Å². The molecule has 196 valence electrons. The van der Waals surface area contributed by atoms with E-state index in [9.17, 15) is 9.90 Å². The van der Waals surface area contributed by atoms with E-state index in [1.165, 1.54) is 6.33 Å². The predicted octanol–water partition coefficient (Wildman–Crippen LogP) is 3.15. The third-order valence-corrected chi connectivity index (χ3v) is 8.41. The zero-order valence-corrected chi connectivity index (χ0v) is 21.5. The minimum absolute atomic E-state index is 0.0705. The summed E-state index contributed by atoms with van der Waals surface area (Å²) < 4.78 is 1.76. The number of hydrogen-bond donors (Lipinski definition) is 3. The van der Waals surface area contributed by atoms with Gasteiger partial charge in [0.2, 0.25) is 5.82 Å². The molecular formula is C27H31N9O2. The van der Waals surface area contributed by atoms with Gasteiger partial charge in [0.25, 0.3) is 5.91 Å². The fourth-order valence-corrected chi connectivity index (χ4v) is 6.43. The Morgan fingerprint density at radius 3 is 2.45 bits per heavy atom. The van der Waals surface area contributed by atoms with Crippen molar-refractivity contribution in [3.8, 4) is 11.1 Å². The predicted molar refractivity (Wildman–Crippen MR) is 139 cm³/mol. The molecular weight excluding hydrogens is 482 g/mol. The molecule has 11 heteroatoms. The molecule has 0 radical (unpaired) electrons. The lowest BCUT2D eigenvalue weighted by molar-refractivity contribution is 0.0557. The largest absolute Gasteiger partial charge is 0.384 e. The number of fused-ring (bicyclic) bond motifs is 3. The lowest BCUT2D eigenvalue weighted by Crippen LogP contribution is -2.46. The van der Waals surface area contributed by atoms with Crippen molar-refractivity contribution >= 4 is 17.4 Å². The number of aromatic amines is 1. The maximum Gasteiger partial charge on any atom is 0.291 e. The maximum absolute atomic E-state index is 13.2. The van der Waals surface area contributed by atoms with Crippen molar-refractivity contribution in [1.29, 1.82) is 0 Å². The fourth-order valence-electron chi connectivity index (χ4n) is 6.43. The van der Waals surface area contributed by atoms with E-state index in [2.05, 4.69) is 25.3 Å². The van der Waals surface area contributed by atoms with E-state index in [4.69, 9.17) is 10.7 Å². The first-order chi connectivity index (χ1) is 18.3. The molecule has 38 heavy (non-hydrogen) atoms. The first kappa shape index (κ1) is 23.3. The Morgan fingerprint density at radius 2 is 1.84 bits per heavy atom. The van der Waals surface area contributed by atoms with Crippen LogP contribution in [-0.4, -0.2) is 62.8 Å². The molecule has 2 bridgehead atoms. The summed E-state index contributed by atoms with van der Waals surface area (Å²) in [6, 6.07) is 4.06. The lowest BCUT2D eigenvalue weighted by Gasteiger charge is -2.39. The molecule has 2 saturated heterocycles. The second kappa shape index (κ2) is 8.32. The van der Waals surface area contributed by atoms with Gasteiger partial charge in [-0.15, -0.1) is 0 Å². The standard InChI is InChI=1S/C27H31N9O2/c1-27(2,38)20-8-5-15(11-29-20)19-12-32-36-23(28)21(14-3-4-14)22(33-25(19)36)16-9-17-6-7-18(10-16)35(17)26(37)24-30-13-31-34-24/h5,8,11-14,16-18,38H,3-4,6-7,9-10,28H2,1-2H3,(H,30,31,34). The number of aliphatic hydroxyl groups is 1. The van der Waals surface area contributed by atoms with E-state index in [-0.39, 0.29) is 23.9 Å². The number of aromatic nitrogens is 7. The van der Waals surface area contributed by atoms with Crippen LogP contribution in [0.25, 0.3) is 16.8 Å². The van der Waals surface area contributed by atoms with Gasteiger partial charge in [0, 0.05) is 40.9 Å². The maximum atomic E-state index is 13.2. The number of rotatable bonds is 5. The van der Waals surface area contributed by atoms with E-state index in [1.54, 1.807) is 30.8 Å². The van der Waals surface area contributed by atoms with Crippen molar-refractivity contribution in [2.24, 2.45) is 0 Å². The highest BCUT2D eigenvalue weighted by Crippen LogP contribution is 2.50. The molecule has 4 aromatic rings. The van der Waals surface area contributed by atoms with E-state index >= 15 is 0 Å². The second-order valence-corrected chi connectivity index (χ2v) is 11.5. The summed E-state index contributed by atoms with van der Waals surface area (Å²) >= 11 is 0. The zero-order valence-electron chi connectivity index (χ0n) is 21.5. The number of H-pyrrole nitrogens is 1. The van der Waals surface area contributed by atoms with Crippen molar-refractivity contribution < 1.29 is 9.90 Å². The number of piperidine rings is 1. The summed E-state index contributed by atoms with van der Waals surface area (Å²) in [7, 11) is 0. The van der Waals surface area contributed by atoms with Gasteiger partial charge in [0.05, 0.1) is 17.6 Å². The van der Waals surface area contributed by atoms with Gasteiger partial charge in [-0.1, -0.05) is 6.07 Å². The SMILES string of the molecule is CC(C)(O)c1ccc(-c2cnn3c(N)c(C4CC4)c(C4CC5CCC(C4)N5C(=O)c4ncn[nH]4)nc23)cn1. The van der Waals surface area contributed by atoms with Crippen LogP contribution < -0.4 is 5.73 Å². The third-order valence-electron chi connectivity index (χ3n) is 8.41. The molecule has 0 spiro atoms. The number of nitrogens with one attached hydrogen (secondary N) is 1. The van der Waals surface area contributed by atoms with Crippen molar-refractivity contribution in [2.75, 3.05) is 5.73 Å². The summed E-state index contributed by atoms with van der Waals surface area (Å²) in [4.78, 5) is 29.0. The highest BCUT2D eigenvalue weighted by molar-refractivity contribution is 5.91. The Morgan fingerprint density at radius 1 is 1.08 bits per heavy atom. The Labute approximate surface area is 219 Å².